The molecule has 41 heavy (non-hydrogen) atoms. The number of hydrogen-bond donors (Lipinski definition) is 1. The average molecular weight is 554 g/mol. The minimum absolute atomic E-state index is 0.00941. The Balaban J connectivity index is 1.42. The van der Waals surface area contributed by atoms with Crippen LogP contribution in [0.2, 0.25) is 0 Å². The SMILES string of the molecule is COCc1[nH]c(C)c(-c2ccc(F)cc2C)c(=O)c1C(=O)Cc1ccc(Oc2ccnc3cc(OC)cnc23)cc1. The molecule has 0 saturated heterocycles. The predicted octanol–water partition coefficient (Wildman–Crippen LogP) is 6.11. The van der Waals surface area contributed by atoms with Gasteiger partial charge in [0.15, 0.2) is 11.5 Å². The number of aryl methyl sites for hydroxylation is 2. The number of methoxy groups -OCH3 is 2. The minimum atomic E-state index is -0.415. The lowest BCUT2D eigenvalue weighted by Gasteiger charge is -2.15. The van der Waals surface area contributed by atoms with E-state index in [-0.39, 0.29) is 24.4 Å². The van der Waals surface area contributed by atoms with E-state index in [1.807, 2.05) is 0 Å². The molecule has 8 nitrogen and oxygen atoms in total. The number of aromatic nitrogens is 3. The number of carbonyl (C=O) groups is 1. The first-order chi connectivity index (χ1) is 19.8. The normalized spacial score (nSPS) is 11.0. The van der Waals surface area contributed by atoms with Gasteiger partial charge in [-0.2, -0.15) is 0 Å². The summed E-state index contributed by atoms with van der Waals surface area (Å²) in [6, 6.07) is 14.8. The molecular weight excluding hydrogens is 525 g/mol. The second-order valence-electron chi connectivity index (χ2n) is 9.60. The Kier molecular flexibility index (Phi) is 7.89. The van der Waals surface area contributed by atoms with E-state index in [0.29, 0.717) is 61.9 Å². The number of H-pyrrole nitrogens is 1. The number of ether oxygens (including phenoxy) is 3. The molecule has 0 aliphatic carbocycles. The van der Waals surface area contributed by atoms with Crippen LogP contribution in [0.25, 0.3) is 22.2 Å². The van der Waals surface area contributed by atoms with Crippen LogP contribution in [0.4, 0.5) is 4.39 Å². The van der Waals surface area contributed by atoms with E-state index in [1.54, 1.807) is 75.8 Å². The molecule has 208 valence electrons. The fraction of sp³-hybridized carbons (Fsp3) is 0.188. The van der Waals surface area contributed by atoms with Gasteiger partial charge in [-0.05, 0) is 54.8 Å². The second kappa shape index (κ2) is 11.7. The third kappa shape index (κ3) is 5.71. The highest BCUT2D eigenvalue weighted by Gasteiger charge is 2.23. The number of aromatic amines is 1. The van der Waals surface area contributed by atoms with Crippen molar-refractivity contribution in [1.82, 2.24) is 15.0 Å². The van der Waals surface area contributed by atoms with Crippen molar-refractivity contribution in [2.75, 3.05) is 14.2 Å². The van der Waals surface area contributed by atoms with Crippen LogP contribution in [0.15, 0.2) is 71.8 Å². The molecule has 0 saturated carbocycles. The monoisotopic (exact) mass is 553 g/mol. The number of rotatable bonds is 9. The number of nitrogens with zero attached hydrogens (tertiary/aromatic N) is 2. The number of ketones is 1. The fourth-order valence-corrected chi connectivity index (χ4v) is 4.82. The van der Waals surface area contributed by atoms with E-state index < -0.39 is 11.2 Å². The molecule has 0 unspecified atom stereocenters. The number of nitrogens with one attached hydrogen (secondary N) is 1. The van der Waals surface area contributed by atoms with E-state index >= 15 is 0 Å². The molecular formula is C32H28FN3O5. The maximum absolute atomic E-state index is 13.8. The van der Waals surface area contributed by atoms with E-state index in [9.17, 15) is 14.0 Å². The van der Waals surface area contributed by atoms with Crippen molar-refractivity contribution in [2.45, 2.75) is 26.9 Å². The van der Waals surface area contributed by atoms with Crippen LogP contribution in [0.3, 0.4) is 0 Å². The van der Waals surface area contributed by atoms with Gasteiger partial charge in [-0.25, -0.2) is 9.37 Å². The van der Waals surface area contributed by atoms with Crippen LogP contribution in [-0.2, 0) is 17.8 Å². The Labute approximate surface area is 235 Å². The molecule has 0 aliphatic heterocycles. The second-order valence-corrected chi connectivity index (χ2v) is 9.60. The van der Waals surface area contributed by atoms with Gasteiger partial charge >= 0.3 is 0 Å². The summed E-state index contributed by atoms with van der Waals surface area (Å²) < 4.78 is 30.3. The number of benzene rings is 2. The van der Waals surface area contributed by atoms with Crippen LogP contribution < -0.4 is 14.9 Å². The van der Waals surface area contributed by atoms with Gasteiger partial charge in [-0.1, -0.05) is 18.2 Å². The van der Waals surface area contributed by atoms with Gasteiger partial charge in [-0.15, -0.1) is 0 Å². The van der Waals surface area contributed by atoms with Gasteiger partial charge in [-0.3, -0.25) is 14.6 Å². The third-order valence-electron chi connectivity index (χ3n) is 6.76. The number of carbonyl (C=O) groups excluding carboxylic acids is 1. The molecule has 9 heteroatoms. The van der Waals surface area contributed by atoms with Gasteiger partial charge in [0.2, 0.25) is 5.43 Å². The van der Waals surface area contributed by atoms with Crippen molar-refractivity contribution in [3.8, 4) is 28.4 Å². The quantitative estimate of drug-likeness (QED) is 0.220. The van der Waals surface area contributed by atoms with E-state index in [1.165, 1.54) is 19.2 Å². The van der Waals surface area contributed by atoms with Gasteiger partial charge in [0.25, 0.3) is 0 Å². The van der Waals surface area contributed by atoms with Crippen molar-refractivity contribution in [3.05, 3.63) is 111 Å². The Hall–Kier alpha value is -4.89. The number of halogens is 1. The van der Waals surface area contributed by atoms with E-state index in [2.05, 4.69) is 15.0 Å². The zero-order valence-electron chi connectivity index (χ0n) is 23.1. The molecule has 2 aromatic carbocycles. The zero-order chi connectivity index (χ0) is 29.1. The molecule has 5 aromatic rings. The summed E-state index contributed by atoms with van der Waals surface area (Å²) in [6.45, 7) is 3.54. The lowest BCUT2D eigenvalue weighted by Crippen LogP contribution is -2.24. The van der Waals surface area contributed by atoms with Crippen LogP contribution >= 0.6 is 0 Å². The molecule has 0 spiro atoms. The largest absolute Gasteiger partial charge is 0.495 e. The zero-order valence-corrected chi connectivity index (χ0v) is 23.1. The molecule has 3 heterocycles. The Bertz CT molecular complexity index is 1820. The van der Waals surface area contributed by atoms with Gasteiger partial charge in [0.05, 0.1) is 36.7 Å². The van der Waals surface area contributed by atoms with Crippen molar-refractivity contribution in [3.63, 3.8) is 0 Å². The van der Waals surface area contributed by atoms with Crippen molar-refractivity contribution in [2.24, 2.45) is 0 Å². The summed E-state index contributed by atoms with van der Waals surface area (Å²) in [4.78, 5) is 39.2. The lowest BCUT2D eigenvalue weighted by atomic mass is 9.93. The standard InChI is InChI=1S/C32H28FN3O5/c1-18-13-21(33)7-10-24(18)29-19(2)36-26(17-39-3)30(32(29)38)27(37)14-20-5-8-22(9-6-20)41-28-11-12-34-25-15-23(40-4)16-35-31(25)28/h5-13,15-16H,14,17H2,1-4H3,(H,36,38). The van der Waals surface area contributed by atoms with Crippen LogP contribution in [0.5, 0.6) is 17.2 Å². The summed E-state index contributed by atoms with van der Waals surface area (Å²) in [5.41, 5.74) is 4.02. The first-order valence-corrected chi connectivity index (χ1v) is 12.9. The molecule has 5 rings (SSSR count). The maximum atomic E-state index is 13.8. The molecule has 3 aromatic heterocycles. The Morgan fingerprint density at radius 3 is 2.46 bits per heavy atom. The predicted molar refractivity (Wildman–Crippen MR) is 153 cm³/mol. The molecule has 0 amide bonds. The number of pyridine rings is 3. The molecule has 1 N–H and O–H groups in total. The number of hydrogen-bond acceptors (Lipinski definition) is 7. The lowest BCUT2D eigenvalue weighted by molar-refractivity contribution is 0.0986. The van der Waals surface area contributed by atoms with E-state index in [4.69, 9.17) is 14.2 Å². The van der Waals surface area contributed by atoms with Crippen molar-refractivity contribution in [1.29, 1.82) is 0 Å². The average Bonchev–Trinajstić information content (AvgIpc) is 2.95. The summed E-state index contributed by atoms with van der Waals surface area (Å²) in [6.07, 6.45) is 3.22. The molecule has 0 atom stereocenters. The molecule has 0 fully saturated rings. The van der Waals surface area contributed by atoms with Crippen LogP contribution in [-0.4, -0.2) is 35.0 Å². The maximum Gasteiger partial charge on any atom is 0.200 e. The van der Waals surface area contributed by atoms with Gasteiger partial charge in [0, 0.05) is 43.1 Å². The van der Waals surface area contributed by atoms with Crippen LogP contribution in [0.1, 0.15) is 32.9 Å². The highest BCUT2D eigenvalue weighted by molar-refractivity contribution is 5.99. The van der Waals surface area contributed by atoms with Crippen LogP contribution in [0, 0.1) is 19.7 Å². The third-order valence-corrected chi connectivity index (χ3v) is 6.76. The minimum Gasteiger partial charge on any atom is -0.495 e. The summed E-state index contributed by atoms with van der Waals surface area (Å²) in [5.74, 6) is 0.922. The number of fused-ring (bicyclic) bond motifs is 1. The van der Waals surface area contributed by atoms with Gasteiger partial charge in [0.1, 0.15) is 22.8 Å². The summed E-state index contributed by atoms with van der Waals surface area (Å²) >= 11 is 0. The highest BCUT2D eigenvalue weighted by atomic mass is 19.1. The van der Waals surface area contributed by atoms with E-state index in [0.717, 1.165) is 0 Å². The molecule has 0 aliphatic rings. The van der Waals surface area contributed by atoms with Gasteiger partial charge < -0.3 is 19.2 Å². The first-order valence-electron chi connectivity index (χ1n) is 12.9. The smallest absolute Gasteiger partial charge is 0.200 e. The molecule has 0 bridgehead atoms. The topological polar surface area (TPSA) is 103 Å². The molecule has 0 radical (unpaired) electrons. The van der Waals surface area contributed by atoms with Crippen molar-refractivity contribution >= 4 is 16.8 Å². The van der Waals surface area contributed by atoms with Crippen molar-refractivity contribution < 1.29 is 23.4 Å². The Morgan fingerprint density at radius 1 is 0.976 bits per heavy atom. The fourth-order valence-electron chi connectivity index (χ4n) is 4.82. The summed E-state index contributed by atoms with van der Waals surface area (Å²) in [7, 11) is 3.06. The summed E-state index contributed by atoms with van der Waals surface area (Å²) in [5, 5.41) is 0. The number of Topliss-reactive ketones (excluding diaryl/α,β-unsaturated/α-hetero) is 1. The first kappa shape index (κ1) is 27.7. The Morgan fingerprint density at radius 2 is 1.76 bits per heavy atom. The highest BCUT2D eigenvalue weighted by Crippen LogP contribution is 2.30.